The number of nitrogens with zero attached hydrogens (tertiary/aromatic N) is 3. The molecule has 0 spiro atoms. The van der Waals surface area contributed by atoms with Gasteiger partial charge in [-0.1, -0.05) is 0 Å². The smallest absolute Gasteiger partial charge is 0.317 e. The van der Waals surface area contributed by atoms with Gasteiger partial charge in [0.1, 0.15) is 5.00 Å². The van der Waals surface area contributed by atoms with Crippen LogP contribution in [0.25, 0.3) is 10.7 Å². The van der Waals surface area contributed by atoms with Gasteiger partial charge in [0.15, 0.2) is 5.82 Å². The predicted molar refractivity (Wildman–Crippen MR) is 96.7 cm³/mol. The molecule has 1 fully saturated rings. The summed E-state index contributed by atoms with van der Waals surface area (Å²) in [5.74, 6) is -0.200. The van der Waals surface area contributed by atoms with E-state index < -0.39 is 11.9 Å². The van der Waals surface area contributed by atoms with Gasteiger partial charge in [-0.25, -0.2) is 14.8 Å². The van der Waals surface area contributed by atoms with Crippen LogP contribution in [-0.2, 0) is 0 Å². The standard InChI is InChI=1S/C15H19N7O2S/c1-8-5-18-2-3-22(8)9-6-19-13(20-7-9)11-4-10(12(16)23)14(25-11)21-15(17)24/h4,6-8,18H,2-3,5H2,1H3,(H2,16,23)(H3,17,21,24). The Hall–Kier alpha value is -2.72. The van der Waals surface area contributed by atoms with Crippen molar-refractivity contribution in [1.82, 2.24) is 15.3 Å². The number of rotatable bonds is 4. The van der Waals surface area contributed by atoms with Gasteiger partial charge in [0.25, 0.3) is 5.91 Å². The Balaban J connectivity index is 1.87. The summed E-state index contributed by atoms with van der Waals surface area (Å²) in [6, 6.07) is 1.15. The van der Waals surface area contributed by atoms with Crippen LogP contribution >= 0.6 is 11.3 Å². The fourth-order valence-electron chi connectivity index (χ4n) is 2.71. The molecule has 0 aliphatic carbocycles. The molecule has 3 rings (SSSR count). The SMILES string of the molecule is CC1CNCCN1c1cnc(-c2cc(C(N)=O)c(NC(N)=O)s2)nc1. The molecule has 25 heavy (non-hydrogen) atoms. The van der Waals surface area contributed by atoms with Crippen molar-refractivity contribution in [1.29, 1.82) is 0 Å². The average Bonchev–Trinajstić information content (AvgIpc) is 2.99. The molecule has 2 aromatic rings. The highest BCUT2D eigenvalue weighted by molar-refractivity contribution is 7.20. The molecular formula is C15H19N7O2S. The Morgan fingerprint density at radius 1 is 1.36 bits per heavy atom. The van der Waals surface area contributed by atoms with E-state index in [1.807, 2.05) is 0 Å². The monoisotopic (exact) mass is 361 g/mol. The Labute approximate surface area is 148 Å². The van der Waals surface area contributed by atoms with Crippen molar-refractivity contribution < 1.29 is 9.59 Å². The lowest BCUT2D eigenvalue weighted by atomic mass is 10.2. The number of nitrogens with one attached hydrogen (secondary N) is 2. The first-order valence-electron chi connectivity index (χ1n) is 7.75. The molecule has 0 bridgehead atoms. The summed E-state index contributed by atoms with van der Waals surface area (Å²) in [6.07, 6.45) is 3.52. The maximum atomic E-state index is 11.5. The Kier molecular flexibility index (Phi) is 4.81. The molecule has 2 aromatic heterocycles. The number of carbonyl (C=O) groups is 2. The van der Waals surface area contributed by atoms with Crippen molar-refractivity contribution in [2.45, 2.75) is 13.0 Å². The number of hydrogen-bond donors (Lipinski definition) is 4. The zero-order chi connectivity index (χ0) is 18.0. The molecule has 1 saturated heterocycles. The third kappa shape index (κ3) is 3.69. The fraction of sp³-hybridized carbons (Fsp3) is 0.333. The molecule has 1 unspecified atom stereocenters. The molecule has 132 valence electrons. The summed E-state index contributed by atoms with van der Waals surface area (Å²) in [4.78, 5) is 34.2. The number of piperazine rings is 1. The molecule has 6 N–H and O–H groups in total. The molecule has 1 atom stereocenters. The number of aromatic nitrogens is 2. The summed E-state index contributed by atoms with van der Waals surface area (Å²) in [5, 5.41) is 6.03. The maximum absolute atomic E-state index is 11.5. The van der Waals surface area contributed by atoms with Gasteiger partial charge in [-0.2, -0.15) is 0 Å². The number of hydrogen-bond acceptors (Lipinski definition) is 7. The predicted octanol–water partition coefficient (Wildman–Crippen LogP) is 0.593. The Morgan fingerprint density at radius 3 is 2.68 bits per heavy atom. The lowest BCUT2D eigenvalue weighted by Gasteiger charge is -2.35. The van der Waals surface area contributed by atoms with Crippen LogP contribution in [0.5, 0.6) is 0 Å². The Morgan fingerprint density at radius 2 is 2.08 bits per heavy atom. The molecule has 3 amide bonds. The highest BCUT2D eigenvalue weighted by Gasteiger charge is 2.20. The third-order valence-corrected chi connectivity index (χ3v) is 4.97. The van der Waals surface area contributed by atoms with Crippen molar-refractivity contribution in [3.8, 4) is 10.7 Å². The second kappa shape index (κ2) is 7.03. The summed E-state index contributed by atoms with van der Waals surface area (Å²) >= 11 is 1.15. The first-order valence-corrected chi connectivity index (χ1v) is 8.57. The quantitative estimate of drug-likeness (QED) is 0.628. The average molecular weight is 361 g/mol. The molecule has 3 heterocycles. The molecule has 0 saturated carbocycles. The van der Waals surface area contributed by atoms with Crippen molar-refractivity contribution >= 4 is 34.0 Å². The first-order chi connectivity index (χ1) is 12.0. The molecule has 0 aromatic carbocycles. The van der Waals surface area contributed by atoms with E-state index in [1.54, 1.807) is 18.5 Å². The summed E-state index contributed by atoms with van der Waals surface area (Å²) in [7, 11) is 0. The molecule has 0 radical (unpaired) electrons. The summed E-state index contributed by atoms with van der Waals surface area (Å²) < 4.78 is 0. The van der Waals surface area contributed by atoms with E-state index in [0.717, 1.165) is 36.7 Å². The number of primary amides is 2. The maximum Gasteiger partial charge on any atom is 0.317 e. The molecule has 1 aliphatic rings. The number of urea groups is 1. The van der Waals surface area contributed by atoms with Gasteiger partial charge in [0, 0.05) is 25.7 Å². The first kappa shape index (κ1) is 17.1. The number of carbonyl (C=O) groups excluding carboxylic acids is 2. The summed E-state index contributed by atoms with van der Waals surface area (Å²) in [5.41, 5.74) is 11.6. The van der Waals surface area contributed by atoms with Gasteiger partial charge in [-0.3, -0.25) is 10.1 Å². The van der Waals surface area contributed by atoms with E-state index in [9.17, 15) is 9.59 Å². The second-order valence-electron chi connectivity index (χ2n) is 5.72. The topological polar surface area (TPSA) is 139 Å². The minimum Gasteiger partial charge on any atom is -0.366 e. The van der Waals surface area contributed by atoms with Crippen molar-refractivity contribution in [2.75, 3.05) is 29.9 Å². The van der Waals surface area contributed by atoms with Crippen LogP contribution in [0.2, 0.25) is 0 Å². The second-order valence-corrected chi connectivity index (χ2v) is 6.77. The summed E-state index contributed by atoms with van der Waals surface area (Å²) in [6.45, 7) is 4.86. The van der Waals surface area contributed by atoms with E-state index in [1.165, 1.54) is 0 Å². The molecular weight excluding hydrogens is 342 g/mol. The van der Waals surface area contributed by atoms with Gasteiger partial charge < -0.3 is 21.7 Å². The molecule has 9 nitrogen and oxygen atoms in total. The Bertz CT molecular complexity index is 790. The van der Waals surface area contributed by atoms with Crippen LogP contribution in [0, 0.1) is 0 Å². The van der Waals surface area contributed by atoms with Crippen LogP contribution in [0.3, 0.4) is 0 Å². The zero-order valence-electron chi connectivity index (χ0n) is 13.7. The van der Waals surface area contributed by atoms with E-state index >= 15 is 0 Å². The van der Waals surface area contributed by atoms with Crippen LogP contribution in [0.15, 0.2) is 18.5 Å². The molecule has 1 aliphatic heterocycles. The highest BCUT2D eigenvalue weighted by Crippen LogP contribution is 2.34. The van der Waals surface area contributed by atoms with Gasteiger partial charge in [0.05, 0.1) is 28.5 Å². The van der Waals surface area contributed by atoms with Crippen LogP contribution < -0.4 is 27.0 Å². The minimum absolute atomic E-state index is 0.183. The zero-order valence-corrected chi connectivity index (χ0v) is 14.5. The number of nitrogens with two attached hydrogens (primary N) is 2. The van der Waals surface area contributed by atoms with E-state index in [4.69, 9.17) is 11.5 Å². The van der Waals surface area contributed by atoms with Crippen molar-refractivity contribution in [3.05, 3.63) is 24.0 Å². The molecule has 10 heteroatoms. The van der Waals surface area contributed by atoms with E-state index in [0.29, 0.717) is 21.7 Å². The van der Waals surface area contributed by atoms with E-state index in [-0.39, 0.29) is 5.56 Å². The highest BCUT2D eigenvalue weighted by atomic mass is 32.1. The van der Waals surface area contributed by atoms with Gasteiger partial charge in [-0.05, 0) is 13.0 Å². The van der Waals surface area contributed by atoms with Crippen LogP contribution in [-0.4, -0.2) is 47.6 Å². The van der Waals surface area contributed by atoms with Crippen LogP contribution in [0.4, 0.5) is 15.5 Å². The largest absolute Gasteiger partial charge is 0.366 e. The minimum atomic E-state index is -0.764. The lowest BCUT2D eigenvalue weighted by Crippen LogP contribution is -2.50. The number of amides is 3. The van der Waals surface area contributed by atoms with Gasteiger partial charge in [0.2, 0.25) is 0 Å². The number of thiophene rings is 1. The van der Waals surface area contributed by atoms with Crippen LogP contribution in [0.1, 0.15) is 17.3 Å². The number of anilines is 2. The van der Waals surface area contributed by atoms with Gasteiger partial charge >= 0.3 is 6.03 Å². The fourth-order valence-corrected chi connectivity index (χ4v) is 3.72. The van der Waals surface area contributed by atoms with Gasteiger partial charge in [-0.15, -0.1) is 11.3 Å². The lowest BCUT2D eigenvalue weighted by molar-refractivity contribution is 0.100. The normalized spacial score (nSPS) is 17.3. The van der Waals surface area contributed by atoms with Crippen molar-refractivity contribution in [3.63, 3.8) is 0 Å². The van der Waals surface area contributed by atoms with Crippen molar-refractivity contribution in [2.24, 2.45) is 11.5 Å². The third-order valence-electron chi connectivity index (χ3n) is 3.93. The van der Waals surface area contributed by atoms with E-state index in [2.05, 4.69) is 32.4 Å².